The largest absolute Gasteiger partial charge is 0.450 e. The molecular weight excluding hydrogens is 350 g/mol. The second kappa shape index (κ2) is 9.01. The summed E-state index contributed by atoms with van der Waals surface area (Å²) in [5, 5.41) is 3.68. The van der Waals surface area contributed by atoms with Gasteiger partial charge in [0, 0.05) is 36.5 Å². The van der Waals surface area contributed by atoms with Crippen molar-refractivity contribution in [1.82, 2.24) is 15.2 Å². The number of alkyl carbamates (subject to hydrolysis) is 1. The summed E-state index contributed by atoms with van der Waals surface area (Å²) in [5.41, 5.74) is 2.35. The molecule has 1 unspecified atom stereocenters. The van der Waals surface area contributed by atoms with E-state index in [9.17, 15) is 4.79 Å². The summed E-state index contributed by atoms with van der Waals surface area (Å²) in [7, 11) is 0. The minimum absolute atomic E-state index is 0.129. The molecule has 1 fully saturated rings. The number of carbonyl (C=O) groups is 1. The summed E-state index contributed by atoms with van der Waals surface area (Å²) in [6.45, 7) is 3.98. The number of halogens is 1. The molecule has 5 nitrogen and oxygen atoms in total. The Balaban J connectivity index is 1.73. The molecule has 6 heteroatoms. The Morgan fingerprint density at radius 3 is 2.62 bits per heavy atom. The standard InChI is InChI=1S/C20H24ClN3O2/c1-2-26-20(25)23-18-9-12-24(13-10-18)19(16-4-3-11-22-14-16)15-5-7-17(21)8-6-15/h3-8,11,14,18-19H,2,9-10,12-13H2,1H3,(H,23,25). The molecule has 1 aliphatic heterocycles. The van der Waals surface area contributed by atoms with E-state index in [4.69, 9.17) is 16.3 Å². The van der Waals surface area contributed by atoms with Crippen LogP contribution in [0.4, 0.5) is 4.79 Å². The van der Waals surface area contributed by atoms with E-state index >= 15 is 0 Å². The fourth-order valence-corrected chi connectivity index (χ4v) is 3.56. The Bertz CT molecular complexity index is 701. The van der Waals surface area contributed by atoms with Gasteiger partial charge in [0.15, 0.2) is 0 Å². The van der Waals surface area contributed by atoms with Crippen molar-refractivity contribution in [1.29, 1.82) is 0 Å². The Kier molecular flexibility index (Phi) is 6.47. The van der Waals surface area contributed by atoms with E-state index in [1.165, 1.54) is 5.56 Å². The van der Waals surface area contributed by atoms with Gasteiger partial charge in [-0.15, -0.1) is 0 Å². The summed E-state index contributed by atoms with van der Waals surface area (Å²) in [4.78, 5) is 18.4. The minimum atomic E-state index is -0.326. The Hall–Kier alpha value is -2.11. The van der Waals surface area contributed by atoms with Crippen LogP contribution in [0.5, 0.6) is 0 Å². The first-order chi connectivity index (χ1) is 12.7. The monoisotopic (exact) mass is 373 g/mol. The molecule has 0 saturated carbocycles. The highest BCUT2D eigenvalue weighted by molar-refractivity contribution is 6.30. The highest BCUT2D eigenvalue weighted by Crippen LogP contribution is 2.31. The molecule has 0 spiro atoms. The van der Waals surface area contributed by atoms with Crippen molar-refractivity contribution >= 4 is 17.7 Å². The predicted molar refractivity (Wildman–Crippen MR) is 102 cm³/mol. The topological polar surface area (TPSA) is 54.5 Å². The SMILES string of the molecule is CCOC(=O)NC1CCN(C(c2ccc(Cl)cc2)c2cccnc2)CC1. The summed E-state index contributed by atoms with van der Waals surface area (Å²) < 4.78 is 4.98. The quantitative estimate of drug-likeness (QED) is 0.859. The van der Waals surface area contributed by atoms with Crippen LogP contribution in [0, 0.1) is 0 Å². The zero-order valence-corrected chi connectivity index (χ0v) is 15.7. The second-order valence-electron chi connectivity index (χ2n) is 6.42. The molecule has 1 aromatic carbocycles. The van der Waals surface area contributed by atoms with Crippen molar-refractivity contribution in [2.24, 2.45) is 0 Å². The lowest BCUT2D eigenvalue weighted by Crippen LogP contribution is -2.46. The van der Waals surface area contributed by atoms with Gasteiger partial charge in [-0.05, 0) is 49.1 Å². The fraction of sp³-hybridized carbons (Fsp3) is 0.400. The van der Waals surface area contributed by atoms with Crippen LogP contribution >= 0.6 is 11.6 Å². The van der Waals surface area contributed by atoms with Crippen molar-refractivity contribution in [2.45, 2.75) is 31.8 Å². The molecule has 138 valence electrons. The molecule has 2 aromatic rings. The van der Waals surface area contributed by atoms with Gasteiger partial charge in [-0.3, -0.25) is 9.88 Å². The van der Waals surface area contributed by atoms with Gasteiger partial charge < -0.3 is 10.1 Å². The normalized spacial score (nSPS) is 16.8. The fourth-order valence-electron chi connectivity index (χ4n) is 3.44. The minimum Gasteiger partial charge on any atom is -0.450 e. The average molecular weight is 374 g/mol. The third-order valence-electron chi connectivity index (χ3n) is 4.68. The molecule has 0 radical (unpaired) electrons. The molecule has 3 rings (SSSR count). The number of piperidine rings is 1. The Morgan fingerprint density at radius 2 is 2.00 bits per heavy atom. The number of hydrogen-bond acceptors (Lipinski definition) is 4. The lowest BCUT2D eigenvalue weighted by atomic mass is 9.95. The third-order valence-corrected chi connectivity index (χ3v) is 4.93. The van der Waals surface area contributed by atoms with Gasteiger partial charge in [-0.1, -0.05) is 29.8 Å². The van der Waals surface area contributed by atoms with Crippen molar-refractivity contribution in [3.8, 4) is 0 Å². The Labute approximate surface area is 159 Å². The summed E-state index contributed by atoms with van der Waals surface area (Å²) in [5.74, 6) is 0. The maximum atomic E-state index is 11.6. The van der Waals surface area contributed by atoms with E-state index in [0.717, 1.165) is 36.5 Å². The molecule has 0 aliphatic carbocycles. The zero-order valence-electron chi connectivity index (χ0n) is 14.9. The van der Waals surface area contributed by atoms with Crippen LogP contribution in [0.25, 0.3) is 0 Å². The molecule has 1 saturated heterocycles. The van der Waals surface area contributed by atoms with Crippen molar-refractivity contribution in [3.05, 3.63) is 64.9 Å². The van der Waals surface area contributed by atoms with E-state index in [1.807, 2.05) is 31.3 Å². The number of nitrogens with one attached hydrogen (secondary N) is 1. The highest BCUT2D eigenvalue weighted by atomic mass is 35.5. The van der Waals surface area contributed by atoms with Crippen LogP contribution in [0.2, 0.25) is 5.02 Å². The zero-order chi connectivity index (χ0) is 18.4. The van der Waals surface area contributed by atoms with E-state index in [0.29, 0.717) is 6.61 Å². The van der Waals surface area contributed by atoms with Gasteiger partial charge in [0.2, 0.25) is 0 Å². The number of rotatable bonds is 5. The first kappa shape index (κ1) is 18.7. The van der Waals surface area contributed by atoms with Gasteiger partial charge in [-0.2, -0.15) is 0 Å². The van der Waals surface area contributed by atoms with E-state index in [1.54, 1.807) is 6.20 Å². The summed E-state index contributed by atoms with van der Waals surface area (Å²) in [6.07, 6.45) is 5.17. The second-order valence-corrected chi connectivity index (χ2v) is 6.85. The van der Waals surface area contributed by atoms with Crippen LogP contribution in [0.3, 0.4) is 0 Å². The molecule has 1 atom stereocenters. The number of carbonyl (C=O) groups excluding carboxylic acids is 1. The average Bonchev–Trinajstić information content (AvgIpc) is 2.66. The lowest BCUT2D eigenvalue weighted by molar-refractivity contribution is 0.130. The van der Waals surface area contributed by atoms with Crippen LogP contribution in [0.15, 0.2) is 48.8 Å². The van der Waals surface area contributed by atoms with Crippen LogP contribution in [0.1, 0.15) is 36.9 Å². The molecule has 0 bridgehead atoms. The number of nitrogens with zero attached hydrogens (tertiary/aromatic N) is 2. The van der Waals surface area contributed by atoms with Crippen LogP contribution in [-0.2, 0) is 4.74 Å². The number of likely N-dealkylation sites (tertiary alicyclic amines) is 1. The first-order valence-corrected chi connectivity index (χ1v) is 9.38. The third kappa shape index (κ3) is 4.74. The lowest BCUT2D eigenvalue weighted by Gasteiger charge is -2.38. The summed E-state index contributed by atoms with van der Waals surface area (Å²) in [6, 6.07) is 12.4. The number of amides is 1. The van der Waals surface area contributed by atoms with E-state index < -0.39 is 0 Å². The van der Waals surface area contributed by atoms with Gasteiger partial charge in [0.25, 0.3) is 0 Å². The van der Waals surface area contributed by atoms with Crippen LogP contribution < -0.4 is 5.32 Å². The molecule has 1 amide bonds. The van der Waals surface area contributed by atoms with Gasteiger partial charge >= 0.3 is 6.09 Å². The summed E-state index contributed by atoms with van der Waals surface area (Å²) >= 11 is 6.06. The maximum Gasteiger partial charge on any atom is 0.407 e. The number of pyridine rings is 1. The number of ether oxygens (including phenoxy) is 1. The maximum absolute atomic E-state index is 11.6. The van der Waals surface area contributed by atoms with Crippen molar-refractivity contribution < 1.29 is 9.53 Å². The van der Waals surface area contributed by atoms with Crippen molar-refractivity contribution in [2.75, 3.05) is 19.7 Å². The molecular formula is C20H24ClN3O2. The Morgan fingerprint density at radius 1 is 1.27 bits per heavy atom. The number of aromatic nitrogens is 1. The number of hydrogen-bond donors (Lipinski definition) is 1. The molecule has 1 aromatic heterocycles. The van der Waals surface area contributed by atoms with Crippen LogP contribution in [-0.4, -0.2) is 41.7 Å². The molecule has 1 aliphatic rings. The molecule has 1 N–H and O–H groups in total. The predicted octanol–water partition coefficient (Wildman–Crippen LogP) is 4.03. The van der Waals surface area contributed by atoms with E-state index in [2.05, 4.69) is 33.4 Å². The van der Waals surface area contributed by atoms with E-state index in [-0.39, 0.29) is 18.2 Å². The van der Waals surface area contributed by atoms with Gasteiger partial charge in [-0.25, -0.2) is 4.79 Å². The first-order valence-electron chi connectivity index (χ1n) is 9.00. The number of benzene rings is 1. The molecule has 2 heterocycles. The van der Waals surface area contributed by atoms with Crippen molar-refractivity contribution in [3.63, 3.8) is 0 Å². The van der Waals surface area contributed by atoms with Gasteiger partial charge in [0.1, 0.15) is 0 Å². The van der Waals surface area contributed by atoms with Gasteiger partial charge in [0.05, 0.1) is 12.6 Å². The molecule has 26 heavy (non-hydrogen) atoms. The highest BCUT2D eigenvalue weighted by Gasteiger charge is 2.28. The smallest absolute Gasteiger partial charge is 0.407 e.